The average molecular weight is 296 g/mol. The molecule has 1 aliphatic rings. The van der Waals surface area contributed by atoms with Gasteiger partial charge in [-0.05, 0) is 24.5 Å². The number of Topliss-reactive ketones (excluding diaryl/α,β-unsaturated/α-hetero) is 1. The van der Waals surface area contributed by atoms with Crippen LogP contribution in [0.3, 0.4) is 0 Å². The number of halogens is 3. The van der Waals surface area contributed by atoms with Gasteiger partial charge in [-0.15, -0.1) is 0 Å². The molecular weight excluding hydrogens is 281 g/mol. The van der Waals surface area contributed by atoms with Crippen LogP contribution in [0.4, 0.5) is 13.2 Å². The van der Waals surface area contributed by atoms with Crippen LogP contribution < -0.4 is 0 Å². The van der Waals surface area contributed by atoms with Crippen molar-refractivity contribution in [2.45, 2.75) is 37.8 Å². The molecule has 3 atom stereocenters. The van der Waals surface area contributed by atoms with Gasteiger partial charge in [0.1, 0.15) is 5.92 Å². The van der Waals surface area contributed by atoms with Crippen LogP contribution in [0.1, 0.15) is 37.2 Å². The highest BCUT2D eigenvalue weighted by Crippen LogP contribution is 2.43. The molecule has 1 aromatic heterocycles. The second-order valence-corrected chi connectivity index (χ2v) is 5.29. The van der Waals surface area contributed by atoms with Crippen molar-refractivity contribution in [1.29, 1.82) is 5.26 Å². The molecule has 2 rings (SSSR count). The maximum absolute atomic E-state index is 13.1. The zero-order valence-electron chi connectivity index (χ0n) is 11.3. The van der Waals surface area contributed by atoms with Crippen LogP contribution >= 0.6 is 0 Å². The van der Waals surface area contributed by atoms with Gasteiger partial charge in [0.2, 0.25) is 0 Å². The second-order valence-electron chi connectivity index (χ2n) is 5.29. The van der Waals surface area contributed by atoms with E-state index < -0.39 is 29.7 Å². The van der Waals surface area contributed by atoms with Crippen molar-refractivity contribution < 1.29 is 18.0 Å². The fourth-order valence-corrected chi connectivity index (χ4v) is 2.93. The zero-order chi connectivity index (χ0) is 15.5. The van der Waals surface area contributed by atoms with Gasteiger partial charge in [-0.3, -0.25) is 9.78 Å². The van der Waals surface area contributed by atoms with Gasteiger partial charge in [0.05, 0.1) is 12.0 Å². The minimum atomic E-state index is -4.39. The van der Waals surface area contributed by atoms with Gasteiger partial charge in [-0.1, -0.05) is 18.9 Å². The molecule has 1 fully saturated rings. The summed E-state index contributed by atoms with van der Waals surface area (Å²) in [6.45, 7) is 0. The Hall–Kier alpha value is -1.90. The number of rotatable bonds is 3. The molecule has 1 aromatic rings. The van der Waals surface area contributed by atoms with Gasteiger partial charge in [0, 0.05) is 18.3 Å². The first-order valence-corrected chi connectivity index (χ1v) is 6.85. The molecule has 0 amide bonds. The van der Waals surface area contributed by atoms with E-state index in [9.17, 15) is 23.2 Å². The van der Waals surface area contributed by atoms with Crippen molar-refractivity contribution in [1.82, 2.24) is 4.98 Å². The van der Waals surface area contributed by atoms with Crippen LogP contribution in [0.5, 0.6) is 0 Å². The number of ketones is 1. The number of nitrogens with zero attached hydrogens (tertiary/aromatic N) is 2. The van der Waals surface area contributed by atoms with Crippen LogP contribution in [-0.2, 0) is 4.79 Å². The number of aromatic nitrogens is 1. The van der Waals surface area contributed by atoms with Crippen molar-refractivity contribution in [2.24, 2.45) is 11.8 Å². The predicted octanol–water partition coefficient (Wildman–Crippen LogP) is 3.63. The Labute approximate surface area is 120 Å². The van der Waals surface area contributed by atoms with E-state index in [4.69, 9.17) is 0 Å². The smallest absolute Gasteiger partial charge is 0.298 e. The molecule has 6 heteroatoms. The van der Waals surface area contributed by atoms with Gasteiger partial charge in [-0.2, -0.15) is 18.4 Å². The fourth-order valence-electron chi connectivity index (χ4n) is 2.93. The second kappa shape index (κ2) is 6.25. The lowest BCUT2D eigenvalue weighted by Crippen LogP contribution is -2.39. The van der Waals surface area contributed by atoms with E-state index in [1.165, 1.54) is 12.4 Å². The van der Waals surface area contributed by atoms with Gasteiger partial charge in [-0.25, -0.2) is 0 Å². The number of pyridine rings is 1. The van der Waals surface area contributed by atoms with Crippen molar-refractivity contribution in [3.63, 3.8) is 0 Å². The molecular formula is C15H15F3N2O. The molecule has 1 aliphatic carbocycles. The molecule has 0 aliphatic heterocycles. The summed E-state index contributed by atoms with van der Waals surface area (Å²) in [5.41, 5.74) is 0.358. The molecule has 21 heavy (non-hydrogen) atoms. The molecule has 0 N–H and O–H groups in total. The third-order valence-corrected chi connectivity index (χ3v) is 3.98. The normalized spacial score (nSPS) is 24.1. The number of hydrogen-bond acceptors (Lipinski definition) is 3. The summed E-state index contributed by atoms with van der Waals surface area (Å²) >= 11 is 0. The largest absolute Gasteiger partial charge is 0.392 e. The molecule has 1 heterocycles. The summed E-state index contributed by atoms with van der Waals surface area (Å²) in [6.07, 6.45) is -0.326. The van der Waals surface area contributed by atoms with E-state index in [0.717, 1.165) is 0 Å². The van der Waals surface area contributed by atoms with Crippen LogP contribution in [0, 0.1) is 23.2 Å². The Morgan fingerprint density at radius 3 is 2.67 bits per heavy atom. The Bertz CT molecular complexity index is 536. The SMILES string of the molecule is N#CC(C(=O)C1CCCCC1C(F)(F)F)c1cccnc1. The molecule has 3 nitrogen and oxygen atoms in total. The Kier molecular flexibility index (Phi) is 4.61. The van der Waals surface area contributed by atoms with Gasteiger partial charge in [0.25, 0.3) is 0 Å². The van der Waals surface area contributed by atoms with E-state index in [2.05, 4.69) is 4.98 Å². The minimum Gasteiger partial charge on any atom is -0.298 e. The first-order valence-electron chi connectivity index (χ1n) is 6.85. The van der Waals surface area contributed by atoms with Gasteiger partial charge < -0.3 is 0 Å². The average Bonchev–Trinajstić information content (AvgIpc) is 2.48. The fraction of sp³-hybridized carbons (Fsp3) is 0.533. The van der Waals surface area contributed by atoms with E-state index in [0.29, 0.717) is 18.4 Å². The molecule has 0 bridgehead atoms. The van der Waals surface area contributed by atoms with Gasteiger partial charge >= 0.3 is 6.18 Å². The summed E-state index contributed by atoms with van der Waals surface area (Å²) in [6, 6.07) is 4.94. The van der Waals surface area contributed by atoms with Crippen LogP contribution in [0.2, 0.25) is 0 Å². The lowest BCUT2D eigenvalue weighted by molar-refractivity contribution is -0.197. The predicted molar refractivity (Wildman–Crippen MR) is 69.1 cm³/mol. The lowest BCUT2D eigenvalue weighted by Gasteiger charge is -2.32. The molecule has 0 aromatic carbocycles. The topological polar surface area (TPSA) is 53.8 Å². The highest BCUT2D eigenvalue weighted by molar-refractivity contribution is 5.90. The number of alkyl halides is 3. The summed E-state index contributed by atoms with van der Waals surface area (Å²) in [4.78, 5) is 16.3. The Balaban J connectivity index is 2.26. The molecule has 0 spiro atoms. The summed E-state index contributed by atoms with van der Waals surface area (Å²) < 4.78 is 39.2. The van der Waals surface area contributed by atoms with Crippen LogP contribution in [0.25, 0.3) is 0 Å². The Morgan fingerprint density at radius 2 is 2.10 bits per heavy atom. The third-order valence-electron chi connectivity index (χ3n) is 3.98. The summed E-state index contributed by atoms with van der Waals surface area (Å²) in [7, 11) is 0. The molecule has 0 radical (unpaired) electrons. The standard InChI is InChI=1S/C15H15F3N2O/c16-15(17,18)13-6-2-1-5-11(13)14(21)12(8-19)10-4-3-7-20-9-10/h3-4,7,9,11-13H,1-2,5-6H2. The highest BCUT2D eigenvalue weighted by atomic mass is 19.4. The van der Waals surface area contributed by atoms with Crippen LogP contribution in [0.15, 0.2) is 24.5 Å². The summed E-state index contributed by atoms with van der Waals surface area (Å²) in [5.74, 6) is -4.56. The molecule has 3 unspecified atom stereocenters. The van der Waals surface area contributed by atoms with Crippen LogP contribution in [-0.4, -0.2) is 16.9 Å². The molecule has 1 saturated carbocycles. The van der Waals surface area contributed by atoms with Crippen molar-refractivity contribution in [2.75, 3.05) is 0 Å². The first kappa shape index (κ1) is 15.5. The monoisotopic (exact) mass is 296 g/mol. The van der Waals surface area contributed by atoms with Crippen molar-refractivity contribution in [3.8, 4) is 6.07 Å². The summed E-state index contributed by atoms with van der Waals surface area (Å²) in [5, 5.41) is 9.19. The maximum atomic E-state index is 13.1. The molecule has 0 saturated heterocycles. The number of carbonyl (C=O) groups is 1. The Morgan fingerprint density at radius 1 is 1.38 bits per heavy atom. The van der Waals surface area contributed by atoms with E-state index in [-0.39, 0.29) is 12.8 Å². The van der Waals surface area contributed by atoms with Gasteiger partial charge in [0.15, 0.2) is 5.78 Å². The number of nitriles is 1. The third kappa shape index (κ3) is 3.41. The number of hydrogen-bond donors (Lipinski definition) is 0. The zero-order valence-corrected chi connectivity index (χ0v) is 11.3. The van der Waals surface area contributed by atoms with E-state index in [1.54, 1.807) is 12.1 Å². The quantitative estimate of drug-likeness (QED) is 0.856. The highest BCUT2D eigenvalue weighted by Gasteiger charge is 2.49. The first-order chi connectivity index (χ1) is 9.95. The van der Waals surface area contributed by atoms with E-state index in [1.807, 2.05) is 6.07 Å². The lowest BCUT2D eigenvalue weighted by atomic mass is 9.73. The number of carbonyl (C=O) groups excluding carboxylic acids is 1. The van der Waals surface area contributed by atoms with Crippen molar-refractivity contribution >= 4 is 5.78 Å². The molecule has 112 valence electrons. The minimum absolute atomic E-state index is 0.0366. The maximum Gasteiger partial charge on any atom is 0.392 e. The van der Waals surface area contributed by atoms with Crippen molar-refractivity contribution in [3.05, 3.63) is 30.1 Å². The van der Waals surface area contributed by atoms with E-state index >= 15 is 0 Å².